The summed E-state index contributed by atoms with van der Waals surface area (Å²) in [4.78, 5) is 3.86. The maximum atomic E-state index is 12.1. The van der Waals surface area contributed by atoms with Gasteiger partial charge in [-0.15, -0.1) is 0 Å². The second kappa shape index (κ2) is 7.30. The van der Waals surface area contributed by atoms with Gasteiger partial charge in [0.25, 0.3) is 0 Å². The van der Waals surface area contributed by atoms with Crippen molar-refractivity contribution < 1.29 is 8.42 Å². The van der Waals surface area contributed by atoms with E-state index in [1.807, 2.05) is 13.2 Å². The molecule has 19 heavy (non-hydrogen) atoms. The maximum absolute atomic E-state index is 12.1. The fourth-order valence-corrected chi connectivity index (χ4v) is 3.48. The van der Waals surface area contributed by atoms with E-state index in [1.165, 1.54) is 12.3 Å². The van der Waals surface area contributed by atoms with Crippen LogP contribution in [0.4, 0.5) is 5.82 Å². The predicted molar refractivity (Wildman–Crippen MR) is 79.8 cm³/mol. The van der Waals surface area contributed by atoms with Crippen LogP contribution in [0.1, 0.15) is 13.3 Å². The smallest absolute Gasteiger partial charge is 0.242 e. The zero-order valence-corrected chi connectivity index (χ0v) is 13.1. The van der Waals surface area contributed by atoms with Crippen molar-refractivity contribution in [3.63, 3.8) is 0 Å². The van der Waals surface area contributed by atoms with Gasteiger partial charge >= 0.3 is 0 Å². The minimum Gasteiger partial charge on any atom is -0.307 e. The van der Waals surface area contributed by atoms with Crippen molar-refractivity contribution in [1.82, 2.24) is 9.71 Å². The lowest BCUT2D eigenvalue weighted by molar-refractivity contribution is 0.556. The van der Waals surface area contributed by atoms with Crippen molar-refractivity contribution in [2.75, 3.05) is 17.4 Å². The molecule has 0 radical (unpaired) electrons. The molecule has 1 heterocycles. The van der Waals surface area contributed by atoms with Gasteiger partial charge in [-0.25, -0.2) is 24.0 Å². The van der Waals surface area contributed by atoms with Gasteiger partial charge in [0.1, 0.15) is 4.90 Å². The average Bonchev–Trinajstić information content (AvgIpc) is 2.35. The number of nitrogens with zero attached hydrogens (tertiary/aromatic N) is 1. The second-order valence-electron chi connectivity index (χ2n) is 3.95. The van der Waals surface area contributed by atoms with Crippen LogP contribution in [0, 0.1) is 0 Å². The minimum absolute atomic E-state index is 0.0208. The third-order valence-electron chi connectivity index (χ3n) is 2.37. The van der Waals surface area contributed by atoms with Crippen LogP contribution >= 0.6 is 23.4 Å². The number of nitrogens with one attached hydrogen (secondary N) is 2. The van der Waals surface area contributed by atoms with Crippen LogP contribution in [0.25, 0.3) is 0 Å². The summed E-state index contributed by atoms with van der Waals surface area (Å²) >= 11 is 7.52. The molecular weight excluding hydrogens is 308 g/mol. The molecule has 1 rings (SSSR count). The quantitative estimate of drug-likeness (QED) is 0.518. The molecule has 108 valence electrons. The molecule has 0 fully saturated rings. The van der Waals surface area contributed by atoms with Gasteiger partial charge in [-0.1, -0.05) is 11.6 Å². The fourth-order valence-electron chi connectivity index (χ4n) is 1.36. The van der Waals surface area contributed by atoms with Gasteiger partial charge in [0.05, 0.1) is 5.02 Å². The Balaban J connectivity index is 2.85. The Morgan fingerprint density at radius 1 is 1.58 bits per heavy atom. The average molecular weight is 325 g/mol. The highest BCUT2D eigenvalue weighted by Gasteiger charge is 2.19. The summed E-state index contributed by atoms with van der Waals surface area (Å²) < 4.78 is 26.8. The van der Waals surface area contributed by atoms with Gasteiger partial charge in [0.15, 0.2) is 5.82 Å². The number of hydrogen-bond acceptors (Lipinski definition) is 6. The molecule has 0 saturated heterocycles. The summed E-state index contributed by atoms with van der Waals surface area (Å²) in [6, 6.07) is 1.16. The third kappa shape index (κ3) is 4.81. The van der Waals surface area contributed by atoms with E-state index in [4.69, 9.17) is 17.4 Å². The van der Waals surface area contributed by atoms with Crippen LogP contribution in [-0.4, -0.2) is 31.5 Å². The Bertz CT molecular complexity index is 524. The molecule has 1 aromatic rings. The third-order valence-corrected chi connectivity index (χ3v) is 4.86. The second-order valence-corrected chi connectivity index (χ2v) is 7.06. The molecule has 0 amide bonds. The summed E-state index contributed by atoms with van der Waals surface area (Å²) in [5.41, 5.74) is 2.28. The van der Waals surface area contributed by atoms with E-state index in [1.54, 1.807) is 11.8 Å². The molecule has 0 aliphatic carbocycles. The van der Waals surface area contributed by atoms with E-state index in [2.05, 4.69) is 15.1 Å². The minimum atomic E-state index is -3.61. The van der Waals surface area contributed by atoms with Crippen LogP contribution in [0.2, 0.25) is 5.02 Å². The van der Waals surface area contributed by atoms with Crippen molar-refractivity contribution >= 4 is 39.2 Å². The van der Waals surface area contributed by atoms with Crippen LogP contribution in [-0.2, 0) is 10.0 Å². The van der Waals surface area contributed by atoms with E-state index >= 15 is 0 Å². The maximum Gasteiger partial charge on any atom is 0.242 e. The van der Waals surface area contributed by atoms with Crippen molar-refractivity contribution in [2.24, 2.45) is 5.84 Å². The Morgan fingerprint density at radius 3 is 2.79 bits per heavy atom. The molecule has 0 aliphatic heterocycles. The first kappa shape index (κ1) is 16.5. The number of nitrogen functional groups attached to an aromatic ring is 1. The summed E-state index contributed by atoms with van der Waals surface area (Å²) in [5.74, 6) is 6.30. The molecule has 1 atom stereocenters. The molecule has 0 aromatic carbocycles. The first-order valence-electron chi connectivity index (χ1n) is 5.54. The normalized spacial score (nSPS) is 13.3. The molecule has 0 spiro atoms. The summed E-state index contributed by atoms with van der Waals surface area (Å²) in [6.07, 6.45) is 3.94. The fraction of sp³-hybridized carbons (Fsp3) is 0.500. The van der Waals surface area contributed by atoms with Crippen LogP contribution in [0.5, 0.6) is 0 Å². The highest BCUT2D eigenvalue weighted by atomic mass is 35.5. The number of nitrogens with two attached hydrogens (primary N) is 1. The number of rotatable bonds is 7. The van der Waals surface area contributed by atoms with E-state index in [0.717, 1.165) is 12.2 Å². The molecule has 0 aliphatic rings. The number of halogens is 1. The van der Waals surface area contributed by atoms with Crippen molar-refractivity contribution in [3.05, 3.63) is 17.3 Å². The monoisotopic (exact) mass is 324 g/mol. The first-order chi connectivity index (χ1) is 8.90. The molecule has 1 aromatic heterocycles. The van der Waals surface area contributed by atoms with Gasteiger partial charge in [0, 0.05) is 12.2 Å². The predicted octanol–water partition coefficient (Wildman–Crippen LogP) is 1.44. The van der Waals surface area contributed by atoms with E-state index in [-0.39, 0.29) is 21.8 Å². The van der Waals surface area contributed by atoms with E-state index in [0.29, 0.717) is 0 Å². The molecule has 9 heteroatoms. The van der Waals surface area contributed by atoms with Crippen LogP contribution in [0.15, 0.2) is 17.2 Å². The van der Waals surface area contributed by atoms with Crippen molar-refractivity contribution in [2.45, 2.75) is 24.3 Å². The number of anilines is 1. The number of hydrazine groups is 1. The zero-order valence-electron chi connectivity index (χ0n) is 10.7. The Kier molecular flexibility index (Phi) is 6.34. The molecule has 0 saturated carbocycles. The number of hydrogen-bond donors (Lipinski definition) is 3. The molecular formula is C10H17ClN4O2S2. The van der Waals surface area contributed by atoms with Gasteiger partial charge in [-0.3, -0.25) is 0 Å². The SMILES string of the molecule is CSCCC(C)NS(=O)(=O)c1cnc(NN)c(Cl)c1. The highest BCUT2D eigenvalue weighted by molar-refractivity contribution is 7.98. The number of aromatic nitrogens is 1. The lowest BCUT2D eigenvalue weighted by Gasteiger charge is -2.14. The molecule has 4 N–H and O–H groups in total. The van der Waals surface area contributed by atoms with Crippen molar-refractivity contribution in [3.8, 4) is 0 Å². The number of sulfonamides is 1. The van der Waals surface area contributed by atoms with E-state index in [9.17, 15) is 8.42 Å². The Morgan fingerprint density at radius 2 is 2.26 bits per heavy atom. The first-order valence-corrected chi connectivity index (χ1v) is 8.79. The van der Waals surface area contributed by atoms with Gasteiger partial charge in [-0.05, 0) is 31.4 Å². The topological polar surface area (TPSA) is 97.1 Å². The van der Waals surface area contributed by atoms with E-state index < -0.39 is 10.0 Å². The Hall–Kier alpha value is -0.540. The van der Waals surface area contributed by atoms with Gasteiger partial charge < -0.3 is 5.43 Å². The lowest BCUT2D eigenvalue weighted by Crippen LogP contribution is -2.33. The van der Waals surface area contributed by atoms with Gasteiger partial charge in [0.2, 0.25) is 10.0 Å². The summed E-state index contributed by atoms with van der Waals surface area (Å²) in [5, 5.41) is 0.155. The summed E-state index contributed by atoms with van der Waals surface area (Å²) in [6.45, 7) is 1.82. The standard InChI is InChI=1S/C10H17ClN4O2S2/c1-7(3-4-18-2)15-19(16,17)8-5-9(11)10(14-12)13-6-8/h5-7,15H,3-4,12H2,1-2H3,(H,13,14). The zero-order chi connectivity index (χ0) is 14.5. The lowest BCUT2D eigenvalue weighted by atomic mass is 10.3. The largest absolute Gasteiger partial charge is 0.307 e. The van der Waals surface area contributed by atoms with Gasteiger partial charge in [-0.2, -0.15) is 11.8 Å². The van der Waals surface area contributed by atoms with Crippen molar-refractivity contribution in [1.29, 1.82) is 0 Å². The summed E-state index contributed by atoms with van der Waals surface area (Å²) in [7, 11) is -3.61. The highest BCUT2D eigenvalue weighted by Crippen LogP contribution is 2.21. The molecule has 1 unspecified atom stereocenters. The molecule has 6 nitrogen and oxygen atoms in total. The van der Waals surface area contributed by atoms with Crippen LogP contribution < -0.4 is 16.0 Å². The Labute approximate surface area is 122 Å². The number of thioether (sulfide) groups is 1. The molecule has 0 bridgehead atoms. The number of pyridine rings is 1. The van der Waals surface area contributed by atoms with Crippen LogP contribution in [0.3, 0.4) is 0 Å².